The molecule has 0 spiro atoms. The lowest BCUT2D eigenvalue weighted by Crippen LogP contribution is -2.61. The van der Waals surface area contributed by atoms with Gasteiger partial charge in [0.1, 0.15) is 0 Å². The molecule has 2 aliphatic heterocycles. The Morgan fingerprint density at radius 2 is 0.890 bits per heavy atom. The zero-order chi connectivity index (χ0) is 54.8. The summed E-state index contributed by atoms with van der Waals surface area (Å²) in [5.74, 6) is 1.48. The van der Waals surface area contributed by atoms with Crippen molar-refractivity contribution >= 4 is 84.7 Å². The van der Waals surface area contributed by atoms with E-state index in [0.717, 1.165) is 111 Å². The summed E-state index contributed by atoms with van der Waals surface area (Å²) >= 11 is 0. The molecule has 2 aliphatic rings. The van der Waals surface area contributed by atoms with Gasteiger partial charge in [-0.3, -0.25) is 0 Å². The van der Waals surface area contributed by atoms with Crippen molar-refractivity contribution in [2.75, 3.05) is 9.80 Å². The Labute approximate surface area is 473 Å². The summed E-state index contributed by atoms with van der Waals surface area (Å²) in [5.41, 5.74) is 19.8. The van der Waals surface area contributed by atoms with Crippen molar-refractivity contribution in [1.82, 2.24) is 19.5 Å². The molecule has 0 bridgehead atoms. The van der Waals surface area contributed by atoms with Gasteiger partial charge in [0, 0.05) is 61.6 Å². The van der Waals surface area contributed by atoms with Gasteiger partial charge in [-0.25, -0.2) is 19.8 Å². The topological polar surface area (TPSA) is 102 Å². The second-order valence-electron chi connectivity index (χ2n) is 20.5. The highest BCUT2D eigenvalue weighted by molar-refractivity contribution is 7.00. The van der Waals surface area contributed by atoms with Crippen molar-refractivity contribution in [2.45, 2.75) is 0 Å². The molecule has 10 heteroatoms. The van der Waals surface area contributed by atoms with Crippen LogP contribution in [-0.4, -0.2) is 26.2 Å². The van der Waals surface area contributed by atoms with E-state index in [1.807, 2.05) is 121 Å². The van der Waals surface area contributed by atoms with Gasteiger partial charge in [0.25, 0.3) is 6.71 Å². The molecular weight excluding hydrogens is 1000 g/mol. The largest absolute Gasteiger partial charge is 0.313 e. The fraction of sp³-hybridized carbons (Fsp3) is 0. The second kappa shape index (κ2) is 19.4. The average molecular weight is 1040 g/mol. The lowest BCUT2D eigenvalue weighted by atomic mass is 9.33. The lowest BCUT2D eigenvalue weighted by Gasteiger charge is -2.44. The Morgan fingerprint density at radius 3 is 1.49 bits per heavy atom. The number of hydrogen-bond donors (Lipinski definition) is 0. The molecule has 0 N–H and O–H groups in total. The minimum Gasteiger partial charge on any atom is -0.313 e. The number of anilines is 6. The van der Waals surface area contributed by atoms with Crippen LogP contribution in [0.15, 0.2) is 255 Å². The van der Waals surface area contributed by atoms with E-state index in [2.05, 4.69) is 165 Å². The van der Waals surface area contributed by atoms with Gasteiger partial charge in [-0.2, -0.15) is 10.5 Å². The van der Waals surface area contributed by atoms with Gasteiger partial charge in [-0.15, -0.1) is 0 Å². The maximum atomic E-state index is 10.5. The molecule has 13 aromatic rings. The van der Waals surface area contributed by atoms with Gasteiger partial charge in [-0.1, -0.05) is 164 Å². The van der Waals surface area contributed by atoms with E-state index in [9.17, 15) is 10.5 Å². The predicted octanol–water partition coefficient (Wildman–Crippen LogP) is 15.7. The number of aromatic nitrogens is 4. The maximum absolute atomic E-state index is 10.5. The van der Waals surface area contributed by atoms with Crippen LogP contribution < -0.4 is 26.2 Å². The van der Waals surface area contributed by atoms with Gasteiger partial charge >= 0.3 is 0 Å². The Kier molecular flexibility index (Phi) is 11.2. The fourth-order valence-electron chi connectivity index (χ4n) is 12.2. The summed E-state index contributed by atoms with van der Waals surface area (Å²) in [6.45, 7) is 7.97. The summed E-state index contributed by atoms with van der Waals surface area (Å²) in [7, 11) is 0. The molecular formula is C72H42BN9. The highest BCUT2D eigenvalue weighted by Crippen LogP contribution is 2.48. The van der Waals surface area contributed by atoms with Crippen molar-refractivity contribution in [3.05, 3.63) is 277 Å². The van der Waals surface area contributed by atoms with Crippen LogP contribution in [0.3, 0.4) is 0 Å². The SMILES string of the molecule is [C-]#[N+]c1ccc2c(c1)N(c1ccccc1)c1cc(-c3ccc4c(c3)c3ccc(-c5ccccc5)cc3n4-c3ccc(C#N)cc3-c3nc(-c4ccccc4)nc(-c4ccccc4)n3)cc3c1B2c1ccc(C#N)cc1N3c1ccccc1. The molecule has 11 aromatic carbocycles. The maximum Gasteiger partial charge on any atom is 0.251 e. The summed E-state index contributed by atoms with van der Waals surface area (Å²) in [6, 6.07) is 91.7. The molecule has 0 atom stereocenters. The van der Waals surface area contributed by atoms with Crippen LogP contribution in [-0.2, 0) is 0 Å². The number of para-hydroxylation sites is 2. The fourth-order valence-corrected chi connectivity index (χ4v) is 12.2. The molecule has 0 aliphatic carbocycles. The molecule has 82 heavy (non-hydrogen) atoms. The van der Waals surface area contributed by atoms with E-state index in [1.165, 1.54) is 0 Å². The third kappa shape index (κ3) is 7.81. The van der Waals surface area contributed by atoms with E-state index in [4.69, 9.17) is 21.5 Å². The first kappa shape index (κ1) is 47.6. The van der Waals surface area contributed by atoms with Crippen LogP contribution in [0.4, 0.5) is 39.8 Å². The minimum atomic E-state index is -0.214. The summed E-state index contributed by atoms with van der Waals surface area (Å²) in [4.78, 5) is 24.0. The van der Waals surface area contributed by atoms with Gasteiger partial charge in [0.2, 0.25) is 0 Å². The molecule has 0 fully saturated rings. The standard InChI is InChI=1S/C72H42BN9/c1-76-54-31-34-61-66(43-54)81(56-25-15-6-16-26-56)68-42-53(41-67-69(68)73(61)60-33-27-47(45-75)38-65(60)80(67)55-23-13-5-14-24-55)51-30-36-62-58(39-51)57-32-29-52(48-17-7-2-8-18-48)40-64(57)82(62)63-35-28-46(44-74)37-59(63)72-78-70(49-19-9-3-10-20-49)77-71(79-72)50-21-11-4-12-22-50/h2-43H. The number of nitrogens with zero attached hydrogens (tertiary/aromatic N) is 9. The highest BCUT2D eigenvalue weighted by atomic mass is 15.2. The molecule has 2 aromatic heterocycles. The van der Waals surface area contributed by atoms with E-state index in [1.54, 1.807) is 0 Å². The number of rotatable bonds is 8. The van der Waals surface area contributed by atoms with E-state index < -0.39 is 0 Å². The molecule has 0 amide bonds. The smallest absolute Gasteiger partial charge is 0.251 e. The zero-order valence-electron chi connectivity index (χ0n) is 43.9. The van der Waals surface area contributed by atoms with Crippen molar-refractivity contribution in [1.29, 1.82) is 10.5 Å². The van der Waals surface area contributed by atoms with Crippen molar-refractivity contribution in [2.24, 2.45) is 0 Å². The molecule has 15 rings (SSSR count). The lowest BCUT2D eigenvalue weighted by molar-refractivity contribution is 1.06. The minimum absolute atomic E-state index is 0.214. The van der Waals surface area contributed by atoms with Crippen LogP contribution in [0.25, 0.3) is 88.8 Å². The Hall–Kier alpha value is -11.6. The zero-order valence-corrected chi connectivity index (χ0v) is 43.9. The molecule has 9 nitrogen and oxygen atoms in total. The van der Waals surface area contributed by atoms with Crippen molar-refractivity contribution in [3.63, 3.8) is 0 Å². The number of nitriles is 2. The molecule has 0 unspecified atom stereocenters. The molecule has 0 saturated heterocycles. The van der Waals surface area contributed by atoms with Crippen LogP contribution in [0.1, 0.15) is 11.1 Å². The van der Waals surface area contributed by atoms with Crippen LogP contribution in [0, 0.1) is 29.2 Å². The van der Waals surface area contributed by atoms with Crippen molar-refractivity contribution < 1.29 is 0 Å². The van der Waals surface area contributed by atoms with E-state index >= 15 is 0 Å². The third-order valence-electron chi connectivity index (χ3n) is 15.9. The van der Waals surface area contributed by atoms with Gasteiger partial charge in [0.15, 0.2) is 23.2 Å². The predicted molar refractivity (Wildman–Crippen MR) is 331 cm³/mol. The normalized spacial score (nSPS) is 12.0. The number of fused-ring (bicyclic) bond motifs is 7. The van der Waals surface area contributed by atoms with Gasteiger partial charge in [0.05, 0.1) is 46.6 Å². The van der Waals surface area contributed by atoms with Crippen LogP contribution >= 0.6 is 0 Å². The Balaban J connectivity index is 1.00. The molecule has 0 saturated carbocycles. The first-order valence-electron chi connectivity index (χ1n) is 27.0. The third-order valence-corrected chi connectivity index (χ3v) is 15.9. The summed E-state index contributed by atoms with van der Waals surface area (Å²) in [5, 5.41) is 23.0. The van der Waals surface area contributed by atoms with E-state index in [-0.39, 0.29) is 6.71 Å². The summed E-state index contributed by atoms with van der Waals surface area (Å²) < 4.78 is 2.29. The first-order valence-corrected chi connectivity index (χ1v) is 27.0. The monoisotopic (exact) mass is 1040 g/mol. The highest BCUT2D eigenvalue weighted by Gasteiger charge is 2.44. The Morgan fingerprint density at radius 1 is 0.378 bits per heavy atom. The second-order valence-corrected chi connectivity index (χ2v) is 20.5. The average Bonchev–Trinajstić information content (AvgIpc) is 2.12. The van der Waals surface area contributed by atoms with Gasteiger partial charge in [-0.05, 0) is 130 Å². The van der Waals surface area contributed by atoms with Crippen LogP contribution in [0.2, 0.25) is 0 Å². The quantitative estimate of drug-likeness (QED) is 0.110. The Bertz CT molecular complexity index is 4660. The number of benzene rings is 11. The van der Waals surface area contributed by atoms with E-state index in [0.29, 0.717) is 39.9 Å². The molecule has 378 valence electrons. The first-order chi connectivity index (χ1) is 40.5. The number of hydrogen-bond acceptors (Lipinski definition) is 7. The van der Waals surface area contributed by atoms with Crippen molar-refractivity contribution in [3.8, 4) is 74.2 Å². The van der Waals surface area contributed by atoms with Gasteiger partial charge < -0.3 is 14.4 Å². The molecule has 0 radical (unpaired) electrons. The molecule has 4 heterocycles. The van der Waals surface area contributed by atoms with Crippen LogP contribution in [0.5, 0.6) is 0 Å². The summed E-state index contributed by atoms with van der Waals surface area (Å²) in [6.07, 6.45) is 0.